The molecule has 0 unspecified atom stereocenters. The Morgan fingerprint density at radius 1 is 1.00 bits per heavy atom. The molecule has 2 aromatic rings. The van der Waals surface area contributed by atoms with Gasteiger partial charge in [-0.1, -0.05) is 0 Å². The standard InChI is InChI=1S/C22H27FN2O6S/c23-17-2-4-19(5-3-17)31-16-18(26)15-24-8-10-25(11-9-24)32(27,28)20-6-7-21-22(14-20)30-13-1-12-29-21/h2-7,14,18,26H,1,8-13,15-16H2/t18-/m0/s1. The third-order valence-electron chi connectivity index (χ3n) is 5.41. The van der Waals surface area contributed by atoms with Crippen molar-refractivity contribution in [3.63, 3.8) is 0 Å². The van der Waals surface area contributed by atoms with E-state index in [0.29, 0.717) is 63.2 Å². The van der Waals surface area contributed by atoms with Gasteiger partial charge in [-0.3, -0.25) is 4.90 Å². The van der Waals surface area contributed by atoms with Crippen LogP contribution in [0, 0.1) is 5.82 Å². The van der Waals surface area contributed by atoms with Crippen LogP contribution in [0.1, 0.15) is 6.42 Å². The van der Waals surface area contributed by atoms with Crippen LogP contribution in [0.25, 0.3) is 0 Å². The summed E-state index contributed by atoms with van der Waals surface area (Å²) in [5.74, 6) is 1.14. The summed E-state index contributed by atoms with van der Waals surface area (Å²) in [7, 11) is -3.66. The van der Waals surface area contributed by atoms with Crippen LogP contribution in [0.3, 0.4) is 0 Å². The van der Waals surface area contributed by atoms with Crippen molar-refractivity contribution in [3.05, 3.63) is 48.3 Å². The third kappa shape index (κ3) is 5.50. The second kappa shape index (κ2) is 10.0. The second-order valence-electron chi connectivity index (χ2n) is 7.78. The molecule has 2 aliphatic rings. The number of piperazine rings is 1. The van der Waals surface area contributed by atoms with Gasteiger partial charge in [0.1, 0.15) is 24.3 Å². The number of aliphatic hydroxyl groups excluding tert-OH is 1. The Hall–Kier alpha value is -2.40. The fourth-order valence-corrected chi connectivity index (χ4v) is 5.12. The number of halogens is 1. The molecule has 2 heterocycles. The van der Waals surface area contributed by atoms with Crippen molar-refractivity contribution >= 4 is 10.0 Å². The van der Waals surface area contributed by atoms with Gasteiger partial charge in [-0.15, -0.1) is 0 Å². The summed E-state index contributed by atoms with van der Waals surface area (Å²) in [6.45, 7) is 3.10. The Balaban J connectivity index is 1.29. The van der Waals surface area contributed by atoms with E-state index < -0.39 is 16.1 Å². The molecule has 1 N–H and O–H groups in total. The zero-order valence-electron chi connectivity index (χ0n) is 17.7. The number of aliphatic hydroxyl groups is 1. The first kappa shape index (κ1) is 22.8. The predicted molar refractivity (Wildman–Crippen MR) is 115 cm³/mol. The van der Waals surface area contributed by atoms with Crippen LogP contribution in [0.4, 0.5) is 4.39 Å². The van der Waals surface area contributed by atoms with E-state index in [-0.39, 0.29) is 17.3 Å². The molecule has 2 aromatic carbocycles. The molecule has 32 heavy (non-hydrogen) atoms. The Morgan fingerprint density at radius 3 is 2.41 bits per heavy atom. The number of fused-ring (bicyclic) bond motifs is 1. The van der Waals surface area contributed by atoms with Crippen molar-refractivity contribution in [1.82, 2.24) is 9.21 Å². The van der Waals surface area contributed by atoms with E-state index in [9.17, 15) is 17.9 Å². The van der Waals surface area contributed by atoms with Crippen LogP contribution in [0.15, 0.2) is 47.4 Å². The highest BCUT2D eigenvalue weighted by Gasteiger charge is 2.30. The molecule has 0 saturated carbocycles. The molecule has 0 radical (unpaired) electrons. The normalized spacial score (nSPS) is 18.7. The highest BCUT2D eigenvalue weighted by molar-refractivity contribution is 7.89. The molecule has 4 rings (SSSR count). The number of benzene rings is 2. The van der Waals surface area contributed by atoms with Crippen molar-refractivity contribution < 1.29 is 32.1 Å². The molecular weight excluding hydrogens is 439 g/mol. The molecule has 174 valence electrons. The molecule has 8 nitrogen and oxygen atoms in total. The fourth-order valence-electron chi connectivity index (χ4n) is 3.68. The summed E-state index contributed by atoms with van der Waals surface area (Å²) < 4.78 is 57.2. The van der Waals surface area contributed by atoms with E-state index in [1.165, 1.54) is 34.6 Å². The van der Waals surface area contributed by atoms with Crippen molar-refractivity contribution in [2.75, 3.05) is 52.5 Å². The second-order valence-corrected chi connectivity index (χ2v) is 9.72. The Bertz CT molecular complexity index is 1010. The molecule has 0 spiro atoms. The van der Waals surface area contributed by atoms with Crippen LogP contribution in [-0.2, 0) is 10.0 Å². The number of rotatable bonds is 7. The van der Waals surface area contributed by atoms with E-state index in [1.807, 2.05) is 4.90 Å². The number of β-amino-alcohol motifs (C(OH)–C–C–N with tert-alkyl or cyclic N) is 1. The van der Waals surface area contributed by atoms with E-state index in [1.54, 1.807) is 12.1 Å². The average molecular weight is 467 g/mol. The van der Waals surface area contributed by atoms with E-state index in [0.717, 1.165) is 6.42 Å². The lowest BCUT2D eigenvalue weighted by Gasteiger charge is -2.34. The van der Waals surface area contributed by atoms with Gasteiger partial charge in [0.15, 0.2) is 11.5 Å². The first-order chi connectivity index (χ1) is 15.4. The number of nitrogens with zero attached hydrogens (tertiary/aromatic N) is 2. The minimum absolute atomic E-state index is 0.0708. The maximum atomic E-state index is 13.1. The zero-order chi connectivity index (χ0) is 22.6. The van der Waals surface area contributed by atoms with Crippen molar-refractivity contribution in [3.8, 4) is 17.2 Å². The van der Waals surface area contributed by atoms with Gasteiger partial charge in [-0.25, -0.2) is 12.8 Å². The summed E-state index contributed by atoms with van der Waals surface area (Å²) in [6, 6.07) is 10.3. The maximum absolute atomic E-state index is 13.1. The third-order valence-corrected chi connectivity index (χ3v) is 7.31. The van der Waals surface area contributed by atoms with Crippen LogP contribution < -0.4 is 14.2 Å². The van der Waals surface area contributed by atoms with E-state index in [2.05, 4.69) is 0 Å². The Morgan fingerprint density at radius 2 is 1.69 bits per heavy atom. The molecule has 0 amide bonds. The largest absolute Gasteiger partial charge is 0.491 e. The van der Waals surface area contributed by atoms with E-state index >= 15 is 0 Å². The van der Waals surface area contributed by atoms with Gasteiger partial charge >= 0.3 is 0 Å². The molecule has 1 fully saturated rings. The molecule has 2 aliphatic heterocycles. The van der Waals surface area contributed by atoms with Gasteiger partial charge in [-0.2, -0.15) is 4.31 Å². The lowest BCUT2D eigenvalue weighted by molar-refractivity contribution is 0.0569. The predicted octanol–water partition coefficient (Wildman–Crippen LogP) is 1.73. The Labute approximate surface area is 187 Å². The molecule has 10 heteroatoms. The van der Waals surface area contributed by atoms with E-state index in [4.69, 9.17) is 14.2 Å². The lowest BCUT2D eigenvalue weighted by Crippen LogP contribution is -2.50. The van der Waals surface area contributed by atoms with Crippen LogP contribution >= 0.6 is 0 Å². The molecule has 0 bridgehead atoms. The van der Waals surface area contributed by atoms with Crippen molar-refractivity contribution in [1.29, 1.82) is 0 Å². The van der Waals surface area contributed by atoms with Crippen molar-refractivity contribution in [2.24, 2.45) is 0 Å². The van der Waals surface area contributed by atoms with Crippen molar-refractivity contribution in [2.45, 2.75) is 17.4 Å². The monoisotopic (exact) mass is 466 g/mol. The molecular formula is C22H27FN2O6S. The number of sulfonamides is 1. The highest BCUT2D eigenvalue weighted by Crippen LogP contribution is 2.33. The fraction of sp³-hybridized carbons (Fsp3) is 0.455. The summed E-state index contributed by atoms with van der Waals surface area (Å²) in [5, 5.41) is 10.3. The zero-order valence-corrected chi connectivity index (χ0v) is 18.5. The topological polar surface area (TPSA) is 88.5 Å². The van der Waals surface area contributed by atoms with Gasteiger partial charge in [0, 0.05) is 45.2 Å². The van der Waals surface area contributed by atoms with Gasteiger partial charge < -0.3 is 19.3 Å². The lowest BCUT2D eigenvalue weighted by atomic mass is 10.3. The van der Waals surface area contributed by atoms with Gasteiger partial charge in [0.05, 0.1) is 18.1 Å². The van der Waals surface area contributed by atoms with Crippen LogP contribution in [-0.4, -0.2) is 81.4 Å². The smallest absolute Gasteiger partial charge is 0.243 e. The molecule has 0 aromatic heterocycles. The van der Waals surface area contributed by atoms with Crippen LogP contribution in [0.2, 0.25) is 0 Å². The summed E-state index contributed by atoms with van der Waals surface area (Å²) in [6.07, 6.45) is 0.00409. The number of ether oxygens (including phenoxy) is 3. The van der Waals surface area contributed by atoms with Gasteiger partial charge in [0.2, 0.25) is 10.0 Å². The minimum atomic E-state index is -3.66. The molecule has 1 atom stereocenters. The molecule has 0 aliphatic carbocycles. The van der Waals surface area contributed by atoms with Gasteiger partial charge in [-0.05, 0) is 36.4 Å². The quantitative estimate of drug-likeness (QED) is 0.665. The number of hydrogen-bond donors (Lipinski definition) is 1. The average Bonchev–Trinajstić information content (AvgIpc) is 3.04. The molecule has 1 saturated heterocycles. The van der Waals surface area contributed by atoms with Gasteiger partial charge in [0.25, 0.3) is 0 Å². The maximum Gasteiger partial charge on any atom is 0.243 e. The highest BCUT2D eigenvalue weighted by atomic mass is 32.2. The SMILES string of the molecule is O=S(=O)(c1ccc2c(c1)OCCCO2)N1CCN(C[C@H](O)COc2ccc(F)cc2)CC1. The summed E-state index contributed by atoms with van der Waals surface area (Å²) in [5.41, 5.74) is 0. The Kier molecular flexibility index (Phi) is 7.14. The van der Waals surface area contributed by atoms with Crippen LogP contribution in [0.5, 0.6) is 17.2 Å². The summed E-state index contributed by atoms with van der Waals surface area (Å²) >= 11 is 0. The minimum Gasteiger partial charge on any atom is -0.491 e. The summed E-state index contributed by atoms with van der Waals surface area (Å²) in [4.78, 5) is 2.18. The number of hydrogen-bond acceptors (Lipinski definition) is 7. The first-order valence-electron chi connectivity index (χ1n) is 10.6. The first-order valence-corrected chi connectivity index (χ1v) is 12.0.